The van der Waals surface area contributed by atoms with Gasteiger partial charge in [0.1, 0.15) is 29.6 Å². The van der Waals surface area contributed by atoms with Crippen LogP contribution >= 0.6 is 0 Å². The van der Waals surface area contributed by atoms with Crippen LogP contribution in [0.5, 0.6) is 11.5 Å². The van der Waals surface area contributed by atoms with Crippen LogP contribution in [-0.4, -0.2) is 26.2 Å². The number of rotatable bonds is 5. The van der Waals surface area contributed by atoms with Crippen LogP contribution in [-0.2, 0) is 17.6 Å². The summed E-state index contributed by atoms with van der Waals surface area (Å²) in [5.41, 5.74) is 1.04. The summed E-state index contributed by atoms with van der Waals surface area (Å²) in [4.78, 5) is 12.3. The maximum Gasteiger partial charge on any atom is 0.226 e. The van der Waals surface area contributed by atoms with Crippen LogP contribution in [0.1, 0.15) is 17.1 Å². The van der Waals surface area contributed by atoms with Crippen molar-refractivity contribution in [3.63, 3.8) is 0 Å². The molecule has 5 nitrogen and oxygen atoms in total. The van der Waals surface area contributed by atoms with Crippen molar-refractivity contribution in [2.75, 3.05) is 20.3 Å². The molecule has 1 aromatic carbocycles. The van der Waals surface area contributed by atoms with Crippen molar-refractivity contribution in [3.8, 4) is 11.5 Å². The first-order valence-electron chi connectivity index (χ1n) is 7.78. The van der Waals surface area contributed by atoms with Crippen LogP contribution in [0.4, 0.5) is 0 Å². The predicted molar refractivity (Wildman–Crippen MR) is 85.8 cm³/mol. The molecular weight excluding hydrogens is 294 g/mol. The average Bonchev–Trinajstić information content (AvgIpc) is 2.99. The lowest BCUT2D eigenvalue weighted by atomic mass is 9.96. The molecule has 5 heteroatoms. The minimum atomic E-state index is -0.158. The fourth-order valence-electron chi connectivity index (χ4n) is 2.72. The van der Waals surface area contributed by atoms with E-state index in [0.717, 1.165) is 28.6 Å². The first-order valence-corrected chi connectivity index (χ1v) is 7.78. The summed E-state index contributed by atoms with van der Waals surface area (Å²) in [5.74, 6) is 3.21. The number of nitrogens with one attached hydrogen (secondary N) is 1. The van der Waals surface area contributed by atoms with Crippen molar-refractivity contribution in [2.24, 2.45) is 5.92 Å². The summed E-state index contributed by atoms with van der Waals surface area (Å²) in [6.07, 6.45) is 1.38. The quantitative estimate of drug-likeness (QED) is 0.921. The SMILES string of the molecule is COc1ccc2c(c1)OC[C@H](C(=O)NCCc1ccc(C)o1)C2. The lowest BCUT2D eigenvalue weighted by Gasteiger charge is -2.25. The van der Waals surface area contributed by atoms with Gasteiger partial charge in [-0.05, 0) is 37.1 Å². The van der Waals surface area contributed by atoms with E-state index in [1.54, 1.807) is 7.11 Å². The number of aryl methyl sites for hydroxylation is 1. The lowest BCUT2D eigenvalue weighted by molar-refractivity contribution is -0.126. The Bertz CT molecular complexity index is 692. The van der Waals surface area contributed by atoms with E-state index in [0.29, 0.717) is 26.0 Å². The highest BCUT2D eigenvalue weighted by Gasteiger charge is 2.26. The second kappa shape index (κ2) is 6.77. The highest BCUT2D eigenvalue weighted by atomic mass is 16.5. The average molecular weight is 315 g/mol. The highest BCUT2D eigenvalue weighted by Crippen LogP contribution is 2.31. The number of carbonyl (C=O) groups excluding carboxylic acids is 1. The van der Waals surface area contributed by atoms with E-state index >= 15 is 0 Å². The largest absolute Gasteiger partial charge is 0.497 e. The summed E-state index contributed by atoms with van der Waals surface area (Å²) in [7, 11) is 1.63. The Morgan fingerprint density at radius 3 is 2.96 bits per heavy atom. The molecule has 0 bridgehead atoms. The molecule has 23 heavy (non-hydrogen) atoms. The maximum atomic E-state index is 12.3. The molecule has 1 aliphatic rings. The molecule has 2 heterocycles. The number of methoxy groups -OCH3 is 1. The maximum absolute atomic E-state index is 12.3. The molecule has 1 aliphatic heterocycles. The third kappa shape index (κ3) is 3.67. The lowest BCUT2D eigenvalue weighted by Crippen LogP contribution is -2.38. The topological polar surface area (TPSA) is 60.7 Å². The zero-order valence-corrected chi connectivity index (χ0v) is 13.4. The van der Waals surface area contributed by atoms with E-state index in [-0.39, 0.29) is 11.8 Å². The Morgan fingerprint density at radius 2 is 2.22 bits per heavy atom. The van der Waals surface area contributed by atoms with Crippen LogP contribution in [0.3, 0.4) is 0 Å². The molecule has 0 spiro atoms. The standard InChI is InChI=1S/C18H21NO4/c1-12-3-5-15(23-12)7-8-19-18(20)14-9-13-4-6-16(21-2)10-17(13)22-11-14/h3-6,10,14H,7-9,11H2,1-2H3,(H,19,20)/t14-/m1/s1. The Kier molecular flexibility index (Phi) is 4.55. The van der Waals surface area contributed by atoms with Gasteiger partial charge in [0.05, 0.1) is 13.0 Å². The number of hydrogen-bond donors (Lipinski definition) is 1. The second-order valence-electron chi connectivity index (χ2n) is 5.74. The van der Waals surface area contributed by atoms with Gasteiger partial charge in [-0.2, -0.15) is 0 Å². The van der Waals surface area contributed by atoms with E-state index in [2.05, 4.69) is 5.32 Å². The van der Waals surface area contributed by atoms with Gasteiger partial charge in [-0.1, -0.05) is 6.07 Å². The summed E-state index contributed by atoms with van der Waals surface area (Å²) in [5, 5.41) is 2.96. The second-order valence-corrected chi connectivity index (χ2v) is 5.74. The number of hydrogen-bond acceptors (Lipinski definition) is 4. The molecular formula is C18H21NO4. The Labute approximate surface area is 135 Å². The fourth-order valence-corrected chi connectivity index (χ4v) is 2.72. The number of furan rings is 1. The van der Waals surface area contributed by atoms with Gasteiger partial charge in [0.2, 0.25) is 5.91 Å². The summed E-state index contributed by atoms with van der Waals surface area (Å²) >= 11 is 0. The third-order valence-electron chi connectivity index (χ3n) is 4.02. The first-order chi connectivity index (χ1) is 11.2. The summed E-state index contributed by atoms with van der Waals surface area (Å²) in [6.45, 7) is 2.87. The van der Waals surface area contributed by atoms with Crippen molar-refractivity contribution in [3.05, 3.63) is 47.4 Å². The van der Waals surface area contributed by atoms with E-state index in [1.165, 1.54) is 0 Å². The van der Waals surface area contributed by atoms with Gasteiger partial charge in [-0.25, -0.2) is 0 Å². The van der Waals surface area contributed by atoms with Crippen LogP contribution in [0, 0.1) is 12.8 Å². The molecule has 1 amide bonds. The molecule has 0 unspecified atom stereocenters. The molecule has 0 fully saturated rings. The zero-order chi connectivity index (χ0) is 16.2. The molecule has 0 aliphatic carbocycles. The van der Waals surface area contributed by atoms with E-state index < -0.39 is 0 Å². The van der Waals surface area contributed by atoms with E-state index in [9.17, 15) is 4.79 Å². The Morgan fingerprint density at radius 1 is 1.35 bits per heavy atom. The fraction of sp³-hybridized carbons (Fsp3) is 0.389. The molecule has 2 aromatic rings. The van der Waals surface area contributed by atoms with Crippen LogP contribution in [0.15, 0.2) is 34.7 Å². The monoisotopic (exact) mass is 315 g/mol. The van der Waals surface area contributed by atoms with Crippen molar-refractivity contribution >= 4 is 5.91 Å². The van der Waals surface area contributed by atoms with Crippen molar-refractivity contribution in [1.29, 1.82) is 0 Å². The third-order valence-corrected chi connectivity index (χ3v) is 4.02. The minimum Gasteiger partial charge on any atom is -0.497 e. The number of benzene rings is 1. The molecule has 122 valence electrons. The summed E-state index contributed by atoms with van der Waals surface area (Å²) in [6, 6.07) is 9.58. The van der Waals surface area contributed by atoms with Gasteiger partial charge in [-0.3, -0.25) is 4.79 Å². The summed E-state index contributed by atoms with van der Waals surface area (Å²) < 4.78 is 16.4. The molecule has 1 N–H and O–H groups in total. The molecule has 1 atom stereocenters. The van der Waals surface area contributed by atoms with E-state index in [1.807, 2.05) is 37.3 Å². The molecule has 1 aromatic heterocycles. The number of amides is 1. The Hall–Kier alpha value is -2.43. The Balaban J connectivity index is 1.52. The zero-order valence-electron chi connectivity index (χ0n) is 13.4. The predicted octanol–water partition coefficient (Wildman–Crippen LogP) is 2.51. The number of ether oxygens (including phenoxy) is 2. The molecule has 0 radical (unpaired) electrons. The van der Waals surface area contributed by atoms with Crippen molar-refractivity contribution < 1.29 is 18.7 Å². The van der Waals surface area contributed by atoms with Gasteiger partial charge in [0.25, 0.3) is 0 Å². The van der Waals surface area contributed by atoms with Gasteiger partial charge < -0.3 is 19.2 Å². The molecule has 0 saturated heterocycles. The highest BCUT2D eigenvalue weighted by molar-refractivity contribution is 5.79. The smallest absolute Gasteiger partial charge is 0.226 e. The van der Waals surface area contributed by atoms with E-state index in [4.69, 9.17) is 13.9 Å². The van der Waals surface area contributed by atoms with Crippen LogP contribution in [0.25, 0.3) is 0 Å². The minimum absolute atomic E-state index is 0.0229. The number of fused-ring (bicyclic) bond motifs is 1. The van der Waals surface area contributed by atoms with Crippen molar-refractivity contribution in [1.82, 2.24) is 5.32 Å². The van der Waals surface area contributed by atoms with Gasteiger partial charge >= 0.3 is 0 Å². The van der Waals surface area contributed by atoms with Crippen molar-refractivity contribution in [2.45, 2.75) is 19.8 Å². The van der Waals surface area contributed by atoms with Crippen LogP contribution < -0.4 is 14.8 Å². The normalized spacial score (nSPS) is 16.3. The first kappa shape index (κ1) is 15.5. The molecule has 0 saturated carbocycles. The number of carbonyl (C=O) groups is 1. The van der Waals surface area contributed by atoms with Gasteiger partial charge in [-0.15, -0.1) is 0 Å². The van der Waals surface area contributed by atoms with Gasteiger partial charge in [0, 0.05) is 19.0 Å². The van der Waals surface area contributed by atoms with Gasteiger partial charge in [0.15, 0.2) is 0 Å². The van der Waals surface area contributed by atoms with Crippen LogP contribution in [0.2, 0.25) is 0 Å². The molecule has 3 rings (SSSR count).